The first-order valence-electron chi connectivity index (χ1n) is 10.7. The Kier molecular flexibility index (Phi) is 8.40. The van der Waals surface area contributed by atoms with E-state index in [1.54, 1.807) is 17.0 Å². The topological polar surface area (TPSA) is 135 Å². The molecule has 1 fully saturated rings. The molecule has 1 amide bonds. The number of rotatable bonds is 10. The fourth-order valence-corrected chi connectivity index (χ4v) is 4.04. The zero-order valence-electron chi connectivity index (χ0n) is 18.6. The van der Waals surface area contributed by atoms with Crippen LogP contribution in [0.25, 0.3) is 0 Å². The summed E-state index contributed by atoms with van der Waals surface area (Å²) in [5.74, 6) is -0.197. The van der Waals surface area contributed by atoms with Gasteiger partial charge in [-0.1, -0.05) is 47.6 Å². The third-order valence-corrected chi connectivity index (χ3v) is 5.95. The third-order valence-electron chi connectivity index (χ3n) is 5.49. The largest absolute Gasteiger partial charge is 0.469 e. The van der Waals surface area contributed by atoms with Crippen molar-refractivity contribution in [2.75, 3.05) is 26.3 Å². The second-order valence-electron chi connectivity index (χ2n) is 8.28. The summed E-state index contributed by atoms with van der Waals surface area (Å²) in [7, 11) is -4.61. The molecule has 4 N–H and O–H groups in total. The number of nitrogens with zero attached hydrogens (tertiary/aromatic N) is 2. The number of phosphoric ester groups is 1. The maximum absolute atomic E-state index is 12.8. The number of oxime groups is 1. The molecule has 3 rings (SSSR count). The molecule has 1 atom stereocenters. The van der Waals surface area contributed by atoms with E-state index in [1.807, 2.05) is 37.3 Å². The number of likely N-dealkylation sites (tertiary alicyclic amines) is 1. The van der Waals surface area contributed by atoms with E-state index in [9.17, 15) is 9.36 Å². The lowest BCUT2D eigenvalue weighted by molar-refractivity contribution is 0.0774. The molecule has 1 aliphatic rings. The van der Waals surface area contributed by atoms with E-state index in [4.69, 9.17) is 20.4 Å². The van der Waals surface area contributed by atoms with E-state index in [1.165, 1.54) is 5.56 Å². The van der Waals surface area contributed by atoms with E-state index < -0.39 is 13.4 Å². The number of benzene rings is 2. The van der Waals surface area contributed by atoms with Crippen LogP contribution in [0.1, 0.15) is 41.3 Å². The standard InChI is InChI=1S/C23H30N3O6P/c1-18(25-31-15-5-8-19-6-3-2-4-7-19)20-9-11-21(12-10-20)22(27)26-14-13-23(24,16-26)17-32-33(28,29)30/h2-4,6-7,9-12H,5,8,13-17,24H2,1H3,(H2,28,29,30). The van der Waals surface area contributed by atoms with Crippen LogP contribution in [0.3, 0.4) is 0 Å². The van der Waals surface area contributed by atoms with Crippen LogP contribution in [-0.4, -0.2) is 58.1 Å². The van der Waals surface area contributed by atoms with Gasteiger partial charge in [0, 0.05) is 18.7 Å². The van der Waals surface area contributed by atoms with Crippen molar-refractivity contribution in [3.05, 3.63) is 71.3 Å². The number of phosphoric acid groups is 1. The van der Waals surface area contributed by atoms with Crippen LogP contribution in [0.5, 0.6) is 0 Å². The summed E-state index contributed by atoms with van der Waals surface area (Å²) in [6.45, 7) is 2.59. The van der Waals surface area contributed by atoms with Crippen molar-refractivity contribution >= 4 is 19.4 Å². The third kappa shape index (κ3) is 7.77. The van der Waals surface area contributed by atoms with Crippen molar-refractivity contribution in [1.82, 2.24) is 4.90 Å². The van der Waals surface area contributed by atoms with Gasteiger partial charge in [-0.15, -0.1) is 0 Å². The Morgan fingerprint density at radius 3 is 2.48 bits per heavy atom. The number of carbonyl (C=O) groups excluding carboxylic acids is 1. The van der Waals surface area contributed by atoms with Gasteiger partial charge in [-0.05, 0) is 49.4 Å². The molecule has 1 saturated heterocycles. The van der Waals surface area contributed by atoms with E-state index in [0.29, 0.717) is 30.8 Å². The minimum atomic E-state index is -4.61. The van der Waals surface area contributed by atoms with Gasteiger partial charge in [0.1, 0.15) is 6.61 Å². The van der Waals surface area contributed by atoms with Gasteiger partial charge in [-0.3, -0.25) is 9.32 Å². The van der Waals surface area contributed by atoms with E-state index >= 15 is 0 Å². The summed E-state index contributed by atoms with van der Waals surface area (Å²) in [5.41, 5.74) is 8.48. The highest BCUT2D eigenvalue weighted by Crippen LogP contribution is 2.37. The summed E-state index contributed by atoms with van der Waals surface area (Å²) in [6, 6.07) is 17.3. The number of aryl methyl sites for hydroxylation is 1. The molecular formula is C23H30N3O6P. The normalized spacial score (nSPS) is 19.0. The maximum atomic E-state index is 12.8. The maximum Gasteiger partial charge on any atom is 0.469 e. The van der Waals surface area contributed by atoms with Gasteiger partial charge in [0.2, 0.25) is 0 Å². The SMILES string of the molecule is CC(=NOCCCc1ccccc1)c1ccc(C(=O)N2CCC(N)(COP(=O)(O)O)C2)cc1. The Hall–Kier alpha value is -2.55. The van der Waals surface area contributed by atoms with Crippen LogP contribution < -0.4 is 5.73 Å². The average Bonchev–Trinajstić information content (AvgIpc) is 3.20. The average molecular weight is 475 g/mol. The second-order valence-corrected chi connectivity index (χ2v) is 9.52. The fourth-order valence-electron chi connectivity index (χ4n) is 3.62. The molecule has 1 unspecified atom stereocenters. The molecule has 9 nitrogen and oxygen atoms in total. The van der Waals surface area contributed by atoms with Crippen molar-refractivity contribution in [1.29, 1.82) is 0 Å². The van der Waals surface area contributed by atoms with Gasteiger partial charge in [-0.25, -0.2) is 4.57 Å². The molecule has 33 heavy (non-hydrogen) atoms. The minimum Gasteiger partial charge on any atom is -0.396 e. The number of hydrogen-bond donors (Lipinski definition) is 3. The summed E-state index contributed by atoms with van der Waals surface area (Å²) >= 11 is 0. The molecule has 0 saturated carbocycles. The quantitative estimate of drug-likeness (QED) is 0.208. The molecular weight excluding hydrogens is 445 g/mol. The van der Waals surface area contributed by atoms with Gasteiger partial charge in [0.25, 0.3) is 5.91 Å². The molecule has 2 aromatic rings. The first-order valence-corrected chi connectivity index (χ1v) is 12.3. The Labute approximate surface area is 193 Å². The van der Waals surface area contributed by atoms with E-state index in [2.05, 4.69) is 21.8 Å². The zero-order chi connectivity index (χ0) is 23.9. The zero-order valence-corrected chi connectivity index (χ0v) is 19.5. The van der Waals surface area contributed by atoms with Crippen LogP contribution in [0.2, 0.25) is 0 Å². The van der Waals surface area contributed by atoms with E-state index in [0.717, 1.165) is 18.4 Å². The van der Waals surface area contributed by atoms with Gasteiger partial charge < -0.3 is 25.3 Å². The molecule has 0 bridgehead atoms. The first kappa shape index (κ1) is 25.1. The lowest BCUT2D eigenvalue weighted by atomic mass is 10.0. The molecule has 1 heterocycles. The molecule has 0 aliphatic carbocycles. The summed E-state index contributed by atoms with van der Waals surface area (Å²) in [6.07, 6.45) is 2.19. The smallest absolute Gasteiger partial charge is 0.396 e. The van der Waals surface area contributed by atoms with Gasteiger partial charge in [-0.2, -0.15) is 0 Å². The summed E-state index contributed by atoms with van der Waals surface area (Å²) in [4.78, 5) is 37.6. The fraction of sp³-hybridized carbons (Fsp3) is 0.391. The van der Waals surface area contributed by atoms with Crippen LogP contribution in [-0.2, 0) is 20.3 Å². The predicted molar refractivity (Wildman–Crippen MR) is 125 cm³/mol. The number of amides is 1. The highest BCUT2D eigenvalue weighted by Gasteiger charge is 2.38. The first-order chi connectivity index (χ1) is 15.7. The second kappa shape index (κ2) is 11.0. The molecule has 1 aliphatic heterocycles. The Bertz CT molecular complexity index is 1010. The lowest BCUT2D eigenvalue weighted by Gasteiger charge is -2.24. The highest BCUT2D eigenvalue weighted by molar-refractivity contribution is 7.46. The van der Waals surface area contributed by atoms with Gasteiger partial charge in [0.05, 0.1) is 17.9 Å². The number of nitrogens with two attached hydrogens (primary N) is 1. The van der Waals surface area contributed by atoms with E-state index in [-0.39, 0.29) is 19.1 Å². The van der Waals surface area contributed by atoms with Crippen molar-refractivity contribution in [3.8, 4) is 0 Å². The molecule has 0 spiro atoms. The van der Waals surface area contributed by atoms with Crippen LogP contribution in [0.15, 0.2) is 59.8 Å². The minimum absolute atomic E-state index is 0.158. The van der Waals surface area contributed by atoms with Crippen molar-refractivity contribution < 1.29 is 28.5 Å². The van der Waals surface area contributed by atoms with Crippen molar-refractivity contribution in [2.24, 2.45) is 10.9 Å². The molecule has 10 heteroatoms. The molecule has 2 aromatic carbocycles. The van der Waals surface area contributed by atoms with Crippen molar-refractivity contribution in [3.63, 3.8) is 0 Å². The molecule has 178 valence electrons. The Morgan fingerprint density at radius 2 is 1.82 bits per heavy atom. The van der Waals surface area contributed by atoms with Crippen LogP contribution in [0.4, 0.5) is 0 Å². The number of carbonyl (C=O) groups is 1. The summed E-state index contributed by atoms with van der Waals surface area (Å²) < 4.78 is 15.5. The number of hydrogen-bond acceptors (Lipinski definition) is 6. The van der Waals surface area contributed by atoms with Crippen LogP contribution in [0, 0.1) is 0 Å². The monoisotopic (exact) mass is 475 g/mol. The predicted octanol–water partition coefficient (Wildman–Crippen LogP) is 2.71. The van der Waals surface area contributed by atoms with Crippen molar-refractivity contribution in [2.45, 2.75) is 31.7 Å². The highest BCUT2D eigenvalue weighted by atomic mass is 31.2. The van der Waals surface area contributed by atoms with Gasteiger partial charge in [0.15, 0.2) is 0 Å². The molecule has 0 radical (unpaired) electrons. The van der Waals surface area contributed by atoms with Crippen LogP contribution >= 0.6 is 7.82 Å². The molecule has 0 aromatic heterocycles. The van der Waals surface area contributed by atoms with Gasteiger partial charge >= 0.3 is 7.82 Å². The Morgan fingerprint density at radius 1 is 1.15 bits per heavy atom. The lowest BCUT2D eigenvalue weighted by Crippen LogP contribution is -2.47. The Balaban J connectivity index is 1.48. The summed E-state index contributed by atoms with van der Waals surface area (Å²) in [5, 5.41) is 4.16.